The van der Waals surface area contributed by atoms with Crippen LogP contribution in [0, 0.1) is 23.3 Å². The lowest BCUT2D eigenvalue weighted by Crippen LogP contribution is -2.26. The number of carboxylic acids is 1. The number of aliphatic carboxylic acids is 1. The van der Waals surface area contributed by atoms with Crippen LogP contribution in [0.4, 0.5) is 0 Å². The molecule has 1 fully saturated rings. The Labute approximate surface area is 77.6 Å². The second kappa shape index (κ2) is 4.70. The van der Waals surface area contributed by atoms with Crippen LogP contribution in [0.2, 0.25) is 0 Å². The van der Waals surface area contributed by atoms with Crippen molar-refractivity contribution in [2.24, 2.45) is 11.8 Å². The average molecular weight is 182 g/mol. The van der Waals surface area contributed by atoms with E-state index in [9.17, 15) is 4.79 Å². The number of nitrogens with one attached hydrogen (secondary N) is 1. The highest BCUT2D eigenvalue weighted by molar-refractivity contribution is 5.69. The second-order valence-electron chi connectivity index (χ2n) is 3.55. The molecule has 0 aromatic heterocycles. The van der Waals surface area contributed by atoms with Crippen molar-refractivity contribution in [3.63, 3.8) is 0 Å². The van der Waals surface area contributed by atoms with Gasteiger partial charge in [-0.1, -0.05) is 0 Å². The highest BCUT2D eigenvalue weighted by Gasteiger charge is 2.25. The van der Waals surface area contributed by atoms with E-state index in [-0.39, 0.29) is 5.92 Å². The zero-order valence-electron chi connectivity index (χ0n) is 7.49. The Kier molecular flexibility index (Phi) is 3.56. The van der Waals surface area contributed by atoms with Gasteiger partial charge in [0.2, 0.25) is 0 Å². The molecule has 0 unspecified atom stereocenters. The maximum atomic E-state index is 10.6. The van der Waals surface area contributed by atoms with E-state index in [1.807, 2.05) is 6.19 Å². The summed E-state index contributed by atoms with van der Waals surface area (Å²) in [7, 11) is 0. The Morgan fingerprint density at radius 1 is 1.46 bits per heavy atom. The lowest BCUT2D eigenvalue weighted by Gasteiger charge is -2.25. The van der Waals surface area contributed by atoms with Gasteiger partial charge in [0.1, 0.15) is 0 Å². The number of carboxylic acid groups (broad SMARTS) is 1. The molecule has 72 valence electrons. The molecule has 13 heavy (non-hydrogen) atoms. The minimum Gasteiger partial charge on any atom is -0.481 e. The standard InChI is InChI=1S/C9H14N2O2/c10-6-11-5-7-1-3-8(4-2-7)9(12)13/h7-8,11H,1-5H2,(H,12,13). The third kappa shape index (κ3) is 2.94. The van der Waals surface area contributed by atoms with Gasteiger partial charge in [0, 0.05) is 6.54 Å². The molecule has 4 heteroatoms. The molecule has 1 saturated carbocycles. The first-order valence-electron chi connectivity index (χ1n) is 4.58. The van der Waals surface area contributed by atoms with Crippen LogP contribution >= 0.6 is 0 Å². The summed E-state index contributed by atoms with van der Waals surface area (Å²) < 4.78 is 0. The molecule has 1 rings (SSSR count). The van der Waals surface area contributed by atoms with E-state index in [0.29, 0.717) is 12.5 Å². The SMILES string of the molecule is N#CNCC1CCC(C(=O)O)CC1. The van der Waals surface area contributed by atoms with E-state index in [4.69, 9.17) is 10.4 Å². The van der Waals surface area contributed by atoms with Crippen molar-refractivity contribution >= 4 is 5.97 Å². The fourth-order valence-electron chi connectivity index (χ4n) is 1.80. The maximum Gasteiger partial charge on any atom is 0.306 e. The van der Waals surface area contributed by atoms with Crippen molar-refractivity contribution in [1.82, 2.24) is 5.32 Å². The quantitative estimate of drug-likeness (QED) is 0.503. The Bertz CT molecular complexity index is 214. The lowest BCUT2D eigenvalue weighted by atomic mass is 9.82. The Morgan fingerprint density at radius 2 is 2.08 bits per heavy atom. The molecule has 0 amide bonds. The molecule has 0 aliphatic heterocycles. The highest BCUT2D eigenvalue weighted by atomic mass is 16.4. The fraction of sp³-hybridized carbons (Fsp3) is 0.778. The average Bonchev–Trinajstić information content (AvgIpc) is 2.15. The second-order valence-corrected chi connectivity index (χ2v) is 3.55. The van der Waals surface area contributed by atoms with Gasteiger partial charge in [0.15, 0.2) is 6.19 Å². The number of hydrogen-bond donors (Lipinski definition) is 2. The molecule has 0 atom stereocenters. The normalized spacial score (nSPS) is 27.6. The first-order valence-corrected chi connectivity index (χ1v) is 4.58. The number of nitrogens with zero attached hydrogens (tertiary/aromatic N) is 1. The molecule has 0 saturated heterocycles. The molecule has 4 nitrogen and oxygen atoms in total. The molecule has 0 spiro atoms. The summed E-state index contributed by atoms with van der Waals surface area (Å²) in [6.07, 6.45) is 5.24. The molecule has 1 aliphatic rings. The maximum absolute atomic E-state index is 10.6. The lowest BCUT2D eigenvalue weighted by molar-refractivity contribution is -0.143. The first-order chi connectivity index (χ1) is 6.24. The zero-order valence-corrected chi connectivity index (χ0v) is 7.49. The number of hydrogen-bond acceptors (Lipinski definition) is 3. The van der Waals surface area contributed by atoms with E-state index >= 15 is 0 Å². The van der Waals surface area contributed by atoms with Crippen molar-refractivity contribution in [3.05, 3.63) is 0 Å². The van der Waals surface area contributed by atoms with Crippen molar-refractivity contribution < 1.29 is 9.90 Å². The molecular formula is C9H14N2O2. The molecule has 1 aliphatic carbocycles. The van der Waals surface area contributed by atoms with Crippen molar-refractivity contribution in [3.8, 4) is 6.19 Å². The summed E-state index contributed by atoms with van der Waals surface area (Å²) >= 11 is 0. The topological polar surface area (TPSA) is 73.1 Å². The van der Waals surface area contributed by atoms with E-state index in [1.165, 1.54) is 0 Å². The van der Waals surface area contributed by atoms with Crippen molar-refractivity contribution in [1.29, 1.82) is 5.26 Å². The van der Waals surface area contributed by atoms with E-state index < -0.39 is 5.97 Å². The van der Waals surface area contributed by atoms with Gasteiger partial charge in [0.05, 0.1) is 5.92 Å². The molecule has 0 aromatic carbocycles. The van der Waals surface area contributed by atoms with Crippen LogP contribution in [0.1, 0.15) is 25.7 Å². The number of nitriles is 1. The number of rotatable bonds is 3. The van der Waals surface area contributed by atoms with E-state index in [0.717, 1.165) is 25.7 Å². The smallest absolute Gasteiger partial charge is 0.306 e. The van der Waals surface area contributed by atoms with Crippen molar-refractivity contribution in [2.75, 3.05) is 6.54 Å². The zero-order chi connectivity index (χ0) is 9.68. The third-order valence-electron chi connectivity index (χ3n) is 2.67. The first kappa shape index (κ1) is 9.85. The summed E-state index contributed by atoms with van der Waals surface area (Å²) in [5.74, 6) is -0.347. The Hall–Kier alpha value is -1.24. The van der Waals surface area contributed by atoms with Crippen LogP contribution in [0.3, 0.4) is 0 Å². The van der Waals surface area contributed by atoms with Crippen LogP contribution in [0.15, 0.2) is 0 Å². The Morgan fingerprint density at radius 3 is 2.54 bits per heavy atom. The summed E-state index contributed by atoms with van der Waals surface area (Å²) in [6.45, 7) is 0.697. The van der Waals surface area contributed by atoms with Crippen LogP contribution in [-0.4, -0.2) is 17.6 Å². The van der Waals surface area contributed by atoms with E-state index in [2.05, 4.69) is 5.32 Å². The van der Waals surface area contributed by atoms with Crippen molar-refractivity contribution in [2.45, 2.75) is 25.7 Å². The monoisotopic (exact) mass is 182 g/mol. The summed E-state index contributed by atoms with van der Waals surface area (Å²) in [5.41, 5.74) is 0. The van der Waals surface area contributed by atoms with Crippen LogP contribution in [0.25, 0.3) is 0 Å². The van der Waals surface area contributed by atoms with Gasteiger partial charge in [-0.15, -0.1) is 0 Å². The summed E-state index contributed by atoms with van der Waals surface area (Å²) in [6, 6.07) is 0. The largest absolute Gasteiger partial charge is 0.481 e. The third-order valence-corrected chi connectivity index (χ3v) is 2.67. The molecular weight excluding hydrogens is 168 g/mol. The fourth-order valence-corrected chi connectivity index (χ4v) is 1.80. The molecule has 0 aromatic rings. The minimum absolute atomic E-state index is 0.154. The molecule has 0 heterocycles. The van der Waals surface area contributed by atoms with Crippen LogP contribution in [0.5, 0.6) is 0 Å². The molecule has 2 N–H and O–H groups in total. The van der Waals surface area contributed by atoms with Gasteiger partial charge in [-0.3, -0.25) is 4.79 Å². The van der Waals surface area contributed by atoms with Gasteiger partial charge in [0.25, 0.3) is 0 Å². The Balaban J connectivity index is 2.23. The predicted octanol–water partition coefficient (Wildman–Crippen LogP) is 0.948. The number of carbonyl (C=O) groups is 1. The van der Waals surface area contributed by atoms with Gasteiger partial charge >= 0.3 is 5.97 Å². The minimum atomic E-state index is -0.674. The van der Waals surface area contributed by atoms with Gasteiger partial charge < -0.3 is 10.4 Å². The highest BCUT2D eigenvalue weighted by Crippen LogP contribution is 2.28. The molecule has 0 radical (unpaired) electrons. The van der Waals surface area contributed by atoms with Gasteiger partial charge in [-0.05, 0) is 31.6 Å². The predicted molar refractivity (Wildman–Crippen MR) is 46.7 cm³/mol. The summed E-state index contributed by atoms with van der Waals surface area (Å²) in [4.78, 5) is 10.6. The van der Waals surface area contributed by atoms with Gasteiger partial charge in [-0.25, -0.2) is 0 Å². The summed E-state index contributed by atoms with van der Waals surface area (Å²) in [5, 5.41) is 19.6. The molecule has 0 bridgehead atoms. The van der Waals surface area contributed by atoms with Crippen LogP contribution in [-0.2, 0) is 4.79 Å². The van der Waals surface area contributed by atoms with Crippen LogP contribution < -0.4 is 5.32 Å². The van der Waals surface area contributed by atoms with Gasteiger partial charge in [-0.2, -0.15) is 5.26 Å². The van der Waals surface area contributed by atoms with E-state index in [1.54, 1.807) is 0 Å².